The maximum Gasteiger partial charge on any atom is 0.262 e. The van der Waals surface area contributed by atoms with E-state index in [9.17, 15) is 9.59 Å². The molecule has 0 spiro atoms. The summed E-state index contributed by atoms with van der Waals surface area (Å²) in [5.74, 6) is 1.62. The third-order valence-electron chi connectivity index (χ3n) is 4.94. The van der Waals surface area contributed by atoms with E-state index in [0.717, 1.165) is 46.5 Å². The highest BCUT2D eigenvalue weighted by Crippen LogP contribution is 2.33. The number of carbonyl (C=O) groups excluding carboxylic acids is 1. The fourth-order valence-corrected chi connectivity index (χ4v) is 5.57. The summed E-state index contributed by atoms with van der Waals surface area (Å²) in [7, 11) is 0. The number of aryl methyl sites for hydroxylation is 2. The van der Waals surface area contributed by atoms with Crippen LogP contribution in [0.3, 0.4) is 0 Å². The van der Waals surface area contributed by atoms with Crippen LogP contribution in [0.5, 0.6) is 0 Å². The number of rotatable bonds is 7. The molecule has 2 aromatic heterocycles. The molecule has 0 saturated heterocycles. The quantitative estimate of drug-likeness (QED) is 0.603. The van der Waals surface area contributed by atoms with Gasteiger partial charge in [-0.25, -0.2) is 4.98 Å². The molecule has 1 aliphatic carbocycles. The molecule has 2 heterocycles. The van der Waals surface area contributed by atoms with Crippen LogP contribution in [-0.4, -0.2) is 27.8 Å². The topological polar surface area (TPSA) is 64.0 Å². The van der Waals surface area contributed by atoms with Crippen LogP contribution < -0.4 is 10.9 Å². The monoisotopic (exact) mass is 413 g/mol. The molecule has 1 aliphatic rings. The Kier molecular flexibility index (Phi) is 6.12. The van der Waals surface area contributed by atoms with Crippen molar-refractivity contribution >= 4 is 39.2 Å². The zero-order chi connectivity index (χ0) is 19.3. The van der Waals surface area contributed by atoms with Crippen molar-refractivity contribution in [3.8, 4) is 0 Å². The second kappa shape index (κ2) is 8.92. The maximum absolute atomic E-state index is 12.9. The van der Waals surface area contributed by atoms with E-state index >= 15 is 0 Å². The Bertz CT molecular complexity index is 1030. The lowest BCUT2D eigenvalue weighted by molar-refractivity contribution is -0.121. The molecule has 1 amide bonds. The van der Waals surface area contributed by atoms with Crippen LogP contribution in [0, 0.1) is 0 Å². The second-order valence-electron chi connectivity index (χ2n) is 6.96. The third-order valence-corrected chi connectivity index (χ3v) is 7.17. The van der Waals surface area contributed by atoms with Crippen molar-refractivity contribution in [3.05, 3.63) is 63.0 Å². The highest BCUT2D eigenvalue weighted by Gasteiger charge is 2.20. The standard InChI is InChI=1S/C21H23N3O2S2/c25-18(22-10-11-27-13-15-6-2-1-3-7-15)12-24-14-23-20-19(21(24)26)16-8-4-5-9-17(16)28-20/h1-3,6-7,14H,4-5,8-13H2,(H,22,25). The SMILES string of the molecule is O=C(Cn1cnc2sc3c(c2c1=O)CCCC3)NCCSCc1ccccc1. The van der Waals surface area contributed by atoms with Crippen molar-refractivity contribution in [2.45, 2.75) is 38.0 Å². The fraction of sp³-hybridized carbons (Fsp3) is 0.381. The van der Waals surface area contributed by atoms with E-state index in [4.69, 9.17) is 0 Å². The number of thioether (sulfide) groups is 1. The van der Waals surface area contributed by atoms with Gasteiger partial charge in [0.1, 0.15) is 11.4 Å². The molecule has 0 fully saturated rings. The van der Waals surface area contributed by atoms with Gasteiger partial charge in [0.05, 0.1) is 11.7 Å². The van der Waals surface area contributed by atoms with Crippen LogP contribution in [0.25, 0.3) is 10.2 Å². The first-order valence-electron chi connectivity index (χ1n) is 9.60. The maximum atomic E-state index is 12.9. The van der Waals surface area contributed by atoms with E-state index in [-0.39, 0.29) is 18.0 Å². The molecule has 28 heavy (non-hydrogen) atoms. The zero-order valence-electron chi connectivity index (χ0n) is 15.6. The Morgan fingerprint density at radius 3 is 2.89 bits per heavy atom. The first-order valence-corrected chi connectivity index (χ1v) is 11.6. The van der Waals surface area contributed by atoms with Crippen molar-refractivity contribution in [2.75, 3.05) is 12.3 Å². The summed E-state index contributed by atoms with van der Waals surface area (Å²) >= 11 is 3.41. The molecule has 7 heteroatoms. The van der Waals surface area contributed by atoms with E-state index in [2.05, 4.69) is 22.4 Å². The average Bonchev–Trinajstić information content (AvgIpc) is 3.10. The Hall–Kier alpha value is -2.12. The zero-order valence-corrected chi connectivity index (χ0v) is 17.3. The molecule has 1 aromatic carbocycles. The van der Waals surface area contributed by atoms with Gasteiger partial charge in [-0.2, -0.15) is 11.8 Å². The molecule has 146 valence electrons. The molecule has 5 nitrogen and oxygen atoms in total. The van der Waals surface area contributed by atoms with Crippen molar-refractivity contribution in [1.29, 1.82) is 0 Å². The summed E-state index contributed by atoms with van der Waals surface area (Å²) in [6.07, 6.45) is 5.79. The summed E-state index contributed by atoms with van der Waals surface area (Å²) < 4.78 is 1.44. The molecule has 0 atom stereocenters. The largest absolute Gasteiger partial charge is 0.354 e. The summed E-state index contributed by atoms with van der Waals surface area (Å²) in [5.41, 5.74) is 2.36. The molecule has 0 unspecified atom stereocenters. The van der Waals surface area contributed by atoms with Crippen molar-refractivity contribution in [1.82, 2.24) is 14.9 Å². The average molecular weight is 414 g/mol. The van der Waals surface area contributed by atoms with Gasteiger partial charge in [-0.05, 0) is 36.8 Å². The molecule has 3 aromatic rings. The van der Waals surface area contributed by atoms with Gasteiger partial charge in [0, 0.05) is 22.9 Å². The van der Waals surface area contributed by atoms with Gasteiger partial charge < -0.3 is 5.32 Å². The summed E-state index contributed by atoms with van der Waals surface area (Å²) in [6.45, 7) is 0.615. The van der Waals surface area contributed by atoms with Crippen LogP contribution in [-0.2, 0) is 29.9 Å². The molecule has 4 rings (SSSR count). The summed E-state index contributed by atoms with van der Waals surface area (Å²) in [4.78, 5) is 31.7. The number of amides is 1. The smallest absolute Gasteiger partial charge is 0.262 e. The fourth-order valence-electron chi connectivity index (χ4n) is 3.53. The van der Waals surface area contributed by atoms with Gasteiger partial charge in [0.15, 0.2) is 0 Å². The van der Waals surface area contributed by atoms with Gasteiger partial charge >= 0.3 is 0 Å². The lowest BCUT2D eigenvalue weighted by atomic mass is 9.97. The third kappa shape index (κ3) is 4.31. The minimum absolute atomic E-state index is 0.0236. The molecule has 1 N–H and O–H groups in total. The van der Waals surface area contributed by atoms with E-state index in [1.165, 1.54) is 27.8 Å². The van der Waals surface area contributed by atoms with E-state index in [0.29, 0.717) is 6.54 Å². The van der Waals surface area contributed by atoms with Crippen LogP contribution in [0.1, 0.15) is 28.8 Å². The minimum Gasteiger partial charge on any atom is -0.354 e. The number of fused-ring (bicyclic) bond motifs is 3. The number of hydrogen-bond acceptors (Lipinski definition) is 5. The van der Waals surface area contributed by atoms with Gasteiger partial charge in [0.25, 0.3) is 5.56 Å². The van der Waals surface area contributed by atoms with Gasteiger partial charge in [-0.1, -0.05) is 30.3 Å². The Morgan fingerprint density at radius 2 is 2.04 bits per heavy atom. The Balaban J connectivity index is 1.32. The molecule has 0 bridgehead atoms. The van der Waals surface area contributed by atoms with E-state index in [1.54, 1.807) is 23.1 Å². The first kappa shape index (κ1) is 19.2. The van der Waals surface area contributed by atoms with Gasteiger partial charge in [0.2, 0.25) is 5.91 Å². The first-order chi connectivity index (χ1) is 13.7. The minimum atomic E-state index is -0.146. The predicted molar refractivity (Wildman–Crippen MR) is 116 cm³/mol. The normalized spacial score (nSPS) is 13.4. The van der Waals surface area contributed by atoms with Gasteiger partial charge in [-0.3, -0.25) is 14.2 Å². The van der Waals surface area contributed by atoms with Crippen molar-refractivity contribution < 1.29 is 4.79 Å². The van der Waals surface area contributed by atoms with Crippen LogP contribution in [0.2, 0.25) is 0 Å². The number of nitrogens with one attached hydrogen (secondary N) is 1. The summed E-state index contributed by atoms with van der Waals surface area (Å²) in [6, 6.07) is 10.3. The van der Waals surface area contributed by atoms with E-state index in [1.807, 2.05) is 18.2 Å². The molecular weight excluding hydrogens is 390 g/mol. The Labute approximate surface area is 172 Å². The number of hydrogen-bond donors (Lipinski definition) is 1. The van der Waals surface area contributed by atoms with Crippen molar-refractivity contribution in [3.63, 3.8) is 0 Å². The lowest BCUT2D eigenvalue weighted by Crippen LogP contribution is -2.33. The van der Waals surface area contributed by atoms with Crippen LogP contribution in [0.4, 0.5) is 0 Å². The number of carbonyl (C=O) groups is 1. The Morgan fingerprint density at radius 1 is 1.21 bits per heavy atom. The second-order valence-corrected chi connectivity index (χ2v) is 9.15. The molecule has 0 radical (unpaired) electrons. The van der Waals surface area contributed by atoms with Crippen molar-refractivity contribution in [2.24, 2.45) is 0 Å². The van der Waals surface area contributed by atoms with Crippen LogP contribution >= 0.6 is 23.1 Å². The number of aromatic nitrogens is 2. The predicted octanol–water partition coefficient (Wildman–Crippen LogP) is 3.39. The highest BCUT2D eigenvalue weighted by atomic mass is 32.2. The number of benzene rings is 1. The number of nitrogens with zero attached hydrogens (tertiary/aromatic N) is 2. The lowest BCUT2D eigenvalue weighted by Gasteiger charge is -2.10. The van der Waals surface area contributed by atoms with Gasteiger partial charge in [-0.15, -0.1) is 11.3 Å². The van der Waals surface area contributed by atoms with E-state index < -0.39 is 0 Å². The van der Waals surface area contributed by atoms with Crippen LogP contribution in [0.15, 0.2) is 41.5 Å². The highest BCUT2D eigenvalue weighted by molar-refractivity contribution is 7.98. The molecule has 0 aliphatic heterocycles. The molecule has 0 saturated carbocycles. The number of thiophene rings is 1. The summed E-state index contributed by atoms with van der Waals surface area (Å²) in [5, 5.41) is 3.63. The molecular formula is C21H23N3O2S2.